The molecule has 1 aliphatic carbocycles. The van der Waals surface area contributed by atoms with E-state index in [0.717, 1.165) is 12.8 Å². The molecule has 3 N–H and O–H groups in total. The van der Waals surface area contributed by atoms with Gasteiger partial charge in [-0.1, -0.05) is 24.3 Å². The lowest BCUT2D eigenvalue weighted by molar-refractivity contribution is 0.430. The molecule has 4 aromatic rings. The molecule has 2 aromatic carbocycles. The van der Waals surface area contributed by atoms with Crippen LogP contribution in [0.5, 0.6) is 5.75 Å². The minimum Gasteiger partial charge on any atom is -0.505 e. The number of aromatic nitrogens is 4. The number of anilines is 1. The summed E-state index contributed by atoms with van der Waals surface area (Å²) in [5.41, 5.74) is 10.8. The van der Waals surface area contributed by atoms with Crippen LogP contribution in [0.2, 0.25) is 0 Å². The van der Waals surface area contributed by atoms with Gasteiger partial charge in [0, 0.05) is 5.56 Å². The minimum absolute atomic E-state index is 0.0388. The first kappa shape index (κ1) is 16.7. The maximum absolute atomic E-state index is 13.9. The molecule has 0 fully saturated rings. The van der Waals surface area contributed by atoms with E-state index >= 15 is 0 Å². The van der Waals surface area contributed by atoms with E-state index in [-0.39, 0.29) is 6.04 Å². The molecule has 2 aromatic heterocycles. The van der Waals surface area contributed by atoms with Crippen LogP contribution in [0.3, 0.4) is 0 Å². The van der Waals surface area contributed by atoms with Crippen molar-refractivity contribution in [3.05, 3.63) is 65.2 Å². The van der Waals surface area contributed by atoms with Crippen molar-refractivity contribution in [2.75, 3.05) is 5.73 Å². The van der Waals surface area contributed by atoms with Crippen LogP contribution in [-0.2, 0) is 6.42 Å². The smallest absolute Gasteiger partial charge is 0.167 e. The Balaban J connectivity index is 1.77. The second-order valence-electron chi connectivity index (χ2n) is 7.13. The molecule has 0 radical (unpaired) electrons. The van der Waals surface area contributed by atoms with Crippen LogP contribution < -0.4 is 5.73 Å². The maximum Gasteiger partial charge on any atom is 0.167 e. The highest BCUT2D eigenvalue weighted by Crippen LogP contribution is 2.39. The molecule has 7 heteroatoms. The third-order valence-electron chi connectivity index (χ3n) is 5.42. The molecular formula is C21H18FN5O. The molecule has 2 heterocycles. The Morgan fingerprint density at radius 1 is 1.21 bits per heavy atom. The molecular weight excluding hydrogens is 357 g/mol. The molecule has 0 aliphatic heterocycles. The van der Waals surface area contributed by atoms with Gasteiger partial charge in [-0.15, -0.1) is 0 Å². The Morgan fingerprint density at radius 2 is 2.04 bits per heavy atom. The number of phenolic OH excluding ortho intramolecular Hbond substituents is 1. The van der Waals surface area contributed by atoms with Crippen molar-refractivity contribution < 1.29 is 9.50 Å². The number of aryl methyl sites for hydroxylation is 2. The van der Waals surface area contributed by atoms with Gasteiger partial charge in [-0.05, 0) is 48.6 Å². The lowest BCUT2D eigenvalue weighted by atomic mass is 10.1. The topological polar surface area (TPSA) is 89.9 Å². The van der Waals surface area contributed by atoms with Gasteiger partial charge in [0.15, 0.2) is 17.2 Å². The Morgan fingerprint density at radius 3 is 2.86 bits per heavy atom. The first-order chi connectivity index (χ1) is 13.5. The molecule has 0 saturated carbocycles. The van der Waals surface area contributed by atoms with E-state index in [1.165, 1.54) is 23.5 Å². The van der Waals surface area contributed by atoms with Crippen molar-refractivity contribution in [1.82, 2.24) is 19.7 Å². The summed E-state index contributed by atoms with van der Waals surface area (Å²) in [6.45, 7) is 1.60. The molecule has 1 atom stereocenters. The number of nitrogen functional groups attached to an aromatic ring is 1. The summed E-state index contributed by atoms with van der Waals surface area (Å²) in [6.07, 6.45) is 3.30. The van der Waals surface area contributed by atoms with Gasteiger partial charge in [-0.25, -0.2) is 19.0 Å². The van der Waals surface area contributed by atoms with Crippen LogP contribution in [0.4, 0.5) is 10.2 Å². The summed E-state index contributed by atoms with van der Waals surface area (Å²) >= 11 is 0. The van der Waals surface area contributed by atoms with Gasteiger partial charge >= 0.3 is 0 Å². The van der Waals surface area contributed by atoms with Crippen molar-refractivity contribution in [3.8, 4) is 17.0 Å². The van der Waals surface area contributed by atoms with Crippen molar-refractivity contribution in [2.24, 2.45) is 0 Å². The lowest BCUT2D eigenvalue weighted by Crippen LogP contribution is -2.10. The van der Waals surface area contributed by atoms with Crippen LogP contribution in [0.25, 0.3) is 22.3 Å². The summed E-state index contributed by atoms with van der Waals surface area (Å²) in [4.78, 5) is 8.56. The average Bonchev–Trinajstić information content (AvgIpc) is 3.28. The van der Waals surface area contributed by atoms with E-state index in [9.17, 15) is 9.50 Å². The molecule has 1 aliphatic rings. The zero-order chi connectivity index (χ0) is 19.4. The van der Waals surface area contributed by atoms with Crippen LogP contribution >= 0.6 is 0 Å². The fourth-order valence-corrected chi connectivity index (χ4v) is 4.09. The van der Waals surface area contributed by atoms with Crippen molar-refractivity contribution in [3.63, 3.8) is 0 Å². The molecule has 0 amide bonds. The van der Waals surface area contributed by atoms with E-state index in [0.29, 0.717) is 33.7 Å². The Bertz CT molecular complexity index is 1210. The highest BCUT2D eigenvalue weighted by Gasteiger charge is 2.28. The van der Waals surface area contributed by atoms with Crippen molar-refractivity contribution in [2.45, 2.75) is 25.8 Å². The summed E-state index contributed by atoms with van der Waals surface area (Å²) in [5.74, 6) is -0.750. The Labute approximate surface area is 160 Å². The highest BCUT2D eigenvalue weighted by molar-refractivity contribution is 5.98. The van der Waals surface area contributed by atoms with E-state index < -0.39 is 11.6 Å². The molecule has 1 unspecified atom stereocenters. The molecule has 6 nitrogen and oxygen atoms in total. The molecule has 0 spiro atoms. The van der Waals surface area contributed by atoms with Gasteiger partial charge < -0.3 is 10.8 Å². The number of nitrogens with two attached hydrogens (primary N) is 1. The SMILES string of the molecule is Cc1cc(-c2nn(C3CCc4ccccc43)c3ncnc(N)c23)cc(O)c1F. The molecule has 0 bridgehead atoms. The second kappa shape index (κ2) is 6.02. The van der Waals surface area contributed by atoms with E-state index in [1.807, 2.05) is 16.8 Å². The summed E-state index contributed by atoms with van der Waals surface area (Å²) in [5, 5.41) is 15.4. The number of nitrogens with zero attached hydrogens (tertiary/aromatic N) is 4. The molecule has 5 rings (SSSR count). The van der Waals surface area contributed by atoms with E-state index in [1.54, 1.807) is 13.0 Å². The van der Waals surface area contributed by atoms with Crippen LogP contribution in [-0.4, -0.2) is 24.9 Å². The van der Waals surface area contributed by atoms with Crippen LogP contribution in [0.1, 0.15) is 29.2 Å². The van der Waals surface area contributed by atoms with Gasteiger partial charge in [-0.3, -0.25) is 0 Å². The summed E-state index contributed by atoms with van der Waals surface area (Å²) in [6, 6.07) is 11.4. The normalized spacial score (nSPS) is 15.9. The number of hydrogen-bond acceptors (Lipinski definition) is 5. The molecule has 0 saturated heterocycles. The third-order valence-corrected chi connectivity index (χ3v) is 5.42. The van der Waals surface area contributed by atoms with Gasteiger partial charge in [0.25, 0.3) is 0 Å². The van der Waals surface area contributed by atoms with Gasteiger partial charge in [-0.2, -0.15) is 5.10 Å². The zero-order valence-electron chi connectivity index (χ0n) is 15.2. The number of phenols is 1. The molecule has 28 heavy (non-hydrogen) atoms. The summed E-state index contributed by atoms with van der Waals surface area (Å²) in [7, 11) is 0. The quantitative estimate of drug-likeness (QED) is 0.557. The Kier molecular flexibility index (Phi) is 3.58. The fraction of sp³-hybridized carbons (Fsp3) is 0.190. The summed E-state index contributed by atoms with van der Waals surface area (Å²) < 4.78 is 15.8. The predicted molar refractivity (Wildman–Crippen MR) is 104 cm³/mol. The number of aromatic hydroxyl groups is 1. The fourth-order valence-electron chi connectivity index (χ4n) is 4.09. The largest absolute Gasteiger partial charge is 0.505 e. The number of fused-ring (bicyclic) bond motifs is 2. The van der Waals surface area contributed by atoms with Gasteiger partial charge in [0.2, 0.25) is 0 Å². The van der Waals surface area contributed by atoms with E-state index in [4.69, 9.17) is 10.8 Å². The first-order valence-corrected chi connectivity index (χ1v) is 9.10. The van der Waals surface area contributed by atoms with Gasteiger partial charge in [0.1, 0.15) is 17.8 Å². The maximum atomic E-state index is 13.9. The van der Waals surface area contributed by atoms with Crippen molar-refractivity contribution in [1.29, 1.82) is 0 Å². The predicted octanol–water partition coefficient (Wildman–Crippen LogP) is 3.76. The Hall–Kier alpha value is -3.48. The molecule has 140 valence electrons. The lowest BCUT2D eigenvalue weighted by Gasteiger charge is -2.13. The zero-order valence-corrected chi connectivity index (χ0v) is 15.2. The van der Waals surface area contributed by atoms with Gasteiger partial charge in [0.05, 0.1) is 11.4 Å². The number of rotatable bonds is 2. The first-order valence-electron chi connectivity index (χ1n) is 9.10. The van der Waals surface area contributed by atoms with Crippen molar-refractivity contribution >= 4 is 16.9 Å². The highest BCUT2D eigenvalue weighted by atomic mass is 19.1. The number of hydrogen-bond donors (Lipinski definition) is 2. The van der Waals surface area contributed by atoms with Crippen LogP contribution in [0, 0.1) is 12.7 Å². The van der Waals surface area contributed by atoms with E-state index in [2.05, 4.69) is 22.1 Å². The number of benzene rings is 2. The van der Waals surface area contributed by atoms with Crippen LogP contribution in [0.15, 0.2) is 42.7 Å². The average molecular weight is 375 g/mol. The minimum atomic E-state index is -0.638. The standard InChI is InChI=1S/C21H18FN5O/c1-11-8-13(9-16(28)18(11)22)19-17-20(23)24-10-25-21(17)27(26-19)15-7-6-12-4-2-3-5-14(12)15/h2-5,8-10,15,28H,6-7H2,1H3,(H2,23,24,25). The monoisotopic (exact) mass is 375 g/mol. The number of halogens is 1. The second-order valence-corrected chi connectivity index (χ2v) is 7.13. The third kappa shape index (κ3) is 2.36.